The van der Waals surface area contributed by atoms with E-state index in [9.17, 15) is 0 Å². The van der Waals surface area contributed by atoms with E-state index in [1.54, 1.807) is 6.20 Å². The predicted molar refractivity (Wildman–Crippen MR) is 95.7 cm³/mol. The highest BCUT2D eigenvalue weighted by molar-refractivity contribution is 14.1. The highest BCUT2D eigenvalue weighted by atomic mass is 127. The second-order valence-corrected chi connectivity index (χ2v) is 7.62. The Morgan fingerprint density at radius 3 is 2.81 bits per heavy atom. The minimum absolute atomic E-state index is 0.151. The Balaban J connectivity index is 1.97. The van der Waals surface area contributed by atoms with Crippen molar-refractivity contribution in [2.75, 3.05) is 6.54 Å². The lowest BCUT2D eigenvalue weighted by Crippen LogP contribution is -2.36. The Bertz CT molecular complexity index is 605. The number of halogens is 2. The second-order valence-electron chi connectivity index (χ2n) is 6.02. The number of nitrogens with zero attached hydrogens (tertiary/aromatic N) is 1. The predicted octanol–water partition coefficient (Wildman–Crippen LogP) is 4.92. The molecule has 1 aromatic heterocycles. The van der Waals surface area contributed by atoms with E-state index in [1.165, 1.54) is 0 Å². The van der Waals surface area contributed by atoms with Gasteiger partial charge in [0.05, 0.1) is 6.20 Å². The number of aryl methyl sites for hydroxylation is 1. The van der Waals surface area contributed by atoms with Crippen molar-refractivity contribution in [2.24, 2.45) is 0 Å². The smallest absolute Gasteiger partial charge is 0.194 e. The fourth-order valence-corrected chi connectivity index (χ4v) is 2.71. The van der Waals surface area contributed by atoms with Crippen molar-refractivity contribution < 1.29 is 4.42 Å². The molecule has 0 saturated carbocycles. The van der Waals surface area contributed by atoms with Gasteiger partial charge in [-0.25, -0.2) is 4.98 Å². The fourth-order valence-electron chi connectivity index (χ4n) is 1.94. The summed E-state index contributed by atoms with van der Waals surface area (Å²) in [5.41, 5.74) is 1.15. The zero-order valence-electron chi connectivity index (χ0n) is 12.5. The van der Waals surface area contributed by atoms with Gasteiger partial charge in [-0.3, -0.25) is 0 Å². The van der Waals surface area contributed by atoms with E-state index in [0.717, 1.165) is 40.2 Å². The Labute approximate surface area is 144 Å². The van der Waals surface area contributed by atoms with E-state index in [0.29, 0.717) is 5.02 Å². The van der Waals surface area contributed by atoms with Gasteiger partial charge in [-0.05, 0) is 74.5 Å². The number of aromatic nitrogens is 1. The minimum Gasteiger partial charge on any atom is -0.441 e. The molecule has 5 heteroatoms. The first-order chi connectivity index (χ1) is 9.85. The topological polar surface area (TPSA) is 38.1 Å². The molecular weight excluding hydrogens is 399 g/mol. The summed E-state index contributed by atoms with van der Waals surface area (Å²) >= 11 is 8.32. The summed E-state index contributed by atoms with van der Waals surface area (Å²) in [5.74, 6) is 1.55. The van der Waals surface area contributed by atoms with Gasteiger partial charge in [-0.2, -0.15) is 0 Å². The molecule has 0 saturated heterocycles. The van der Waals surface area contributed by atoms with Crippen LogP contribution in [0.2, 0.25) is 5.02 Å². The van der Waals surface area contributed by atoms with Crippen molar-refractivity contribution in [3.8, 4) is 11.3 Å². The molecule has 0 aliphatic rings. The van der Waals surface area contributed by atoms with Gasteiger partial charge >= 0.3 is 0 Å². The summed E-state index contributed by atoms with van der Waals surface area (Å²) in [6.07, 6.45) is 3.62. The molecule has 0 radical (unpaired) electrons. The first-order valence-corrected chi connectivity index (χ1v) is 8.46. The maximum atomic E-state index is 6.04. The van der Waals surface area contributed by atoms with Gasteiger partial charge in [-0.15, -0.1) is 0 Å². The van der Waals surface area contributed by atoms with Crippen molar-refractivity contribution in [1.82, 2.24) is 10.3 Å². The first kappa shape index (κ1) is 16.8. The molecule has 2 aromatic rings. The van der Waals surface area contributed by atoms with E-state index >= 15 is 0 Å². The molecule has 3 nitrogen and oxygen atoms in total. The Kier molecular flexibility index (Phi) is 5.68. The Morgan fingerprint density at radius 1 is 1.33 bits per heavy atom. The minimum atomic E-state index is 0.151. The molecule has 0 amide bonds. The van der Waals surface area contributed by atoms with Crippen LogP contribution in [0.3, 0.4) is 0 Å². The number of rotatable bonds is 5. The van der Waals surface area contributed by atoms with Crippen LogP contribution in [-0.2, 0) is 6.42 Å². The average molecular weight is 419 g/mol. The maximum absolute atomic E-state index is 6.04. The lowest BCUT2D eigenvalue weighted by Gasteiger charge is -2.20. The number of nitrogens with one attached hydrogen (secondary N) is 1. The van der Waals surface area contributed by atoms with E-state index < -0.39 is 0 Å². The molecule has 1 heterocycles. The van der Waals surface area contributed by atoms with Gasteiger partial charge in [0.1, 0.15) is 0 Å². The van der Waals surface area contributed by atoms with Gasteiger partial charge in [0.2, 0.25) is 0 Å². The normalized spacial score (nSPS) is 11.9. The summed E-state index contributed by atoms with van der Waals surface area (Å²) in [5, 5.41) is 4.17. The Hall–Kier alpha value is -0.590. The summed E-state index contributed by atoms with van der Waals surface area (Å²) in [4.78, 5) is 4.36. The average Bonchev–Trinajstić information content (AvgIpc) is 2.85. The molecule has 1 aromatic carbocycles. The van der Waals surface area contributed by atoms with E-state index in [4.69, 9.17) is 16.0 Å². The van der Waals surface area contributed by atoms with Crippen LogP contribution in [0.15, 0.2) is 28.8 Å². The van der Waals surface area contributed by atoms with Gasteiger partial charge < -0.3 is 9.73 Å². The van der Waals surface area contributed by atoms with Gasteiger partial charge in [0.25, 0.3) is 0 Å². The number of hydrogen-bond donors (Lipinski definition) is 1. The van der Waals surface area contributed by atoms with Crippen LogP contribution in [0.1, 0.15) is 33.1 Å². The van der Waals surface area contributed by atoms with Crippen molar-refractivity contribution in [1.29, 1.82) is 0 Å². The summed E-state index contributed by atoms with van der Waals surface area (Å²) in [6.45, 7) is 7.45. The molecule has 21 heavy (non-hydrogen) atoms. The molecule has 0 bridgehead atoms. The molecule has 0 aliphatic carbocycles. The molecule has 114 valence electrons. The van der Waals surface area contributed by atoms with Gasteiger partial charge in [0, 0.05) is 26.1 Å². The van der Waals surface area contributed by atoms with E-state index in [-0.39, 0.29) is 5.54 Å². The molecule has 0 atom stereocenters. The van der Waals surface area contributed by atoms with E-state index in [1.807, 2.05) is 18.2 Å². The molecule has 0 unspecified atom stereocenters. The standard InChI is InChI=1S/C16H20ClIN2O/c1-16(2,3)20-8-4-5-15-19-10-14(21-15)12-9-11(17)6-7-13(12)18/h6-7,9-10,20H,4-5,8H2,1-3H3. The zero-order chi connectivity index (χ0) is 15.5. The highest BCUT2D eigenvalue weighted by Crippen LogP contribution is 2.28. The third kappa shape index (κ3) is 5.27. The van der Waals surface area contributed by atoms with Crippen LogP contribution in [0.4, 0.5) is 0 Å². The van der Waals surface area contributed by atoms with Gasteiger partial charge in [-0.1, -0.05) is 11.6 Å². The second kappa shape index (κ2) is 7.11. The van der Waals surface area contributed by atoms with Crippen LogP contribution in [-0.4, -0.2) is 17.1 Å². The largest absolute Gasteiger partial charge is 0.441 e. The molecule has 1 N–H and O–H groups in total. The highest BCUT2D eigenvalue weighted by Gasteiger charge is 2.11. The molecule has 0 aliphatic heterocycles. The number of oxazole rings is 1. The van der Waals surface area contributed by atoms with Crippen molar-refractivity contribution in [3.63, 3.8) is 0 Å². The molecular formula is C16H20ClIN2O. The zero-order valence-corrected chi connectivity index (χ0v) is 15.5. The molecule has 0 fully saturated rings. The fraction of sp³-hybridized carbons (Fsp3) is 0.438. The number of hydrogen-bond acceptors (Lipinski definition) is 3. The van der Waals surface area contributed by atoms with Crippen LogP contribution >= 0.6 is 34.2 Å². The molecule has 0 spiro atoms. The van der Waals surface area contributed by atoms with Crippen LogP contribution in [0.5, 0.6) is 0 Å². The monoisotopic (exact) mass is 418 g/mol. The van der Waals surface area contributed by atoms with Crippen LogP contribution in [0, 0.1) is 3.57 Å². The van der Waals surface area contributed by atoms with Crippen LogP contribution < -0.4 is 5.32 Å². The van der Waals surface area contributed by atoms with Crippen molar-refractivity contribution >= 4 is 34.2 Å². The number of benzene rings is 1. The quantitative estimate of drug-likeness (QED) is 0.553. The summed E-state index contributed by atoms with van der Waals surface area (Å²) in [7, 11) is 0. The summed E-state index contributed by atoms with van der Waals surface area (Å²) in [6, 6.07) is 5.77. The van der Waals surface area contributed by atoms with Crippen molar-refractivity contribution in [3.05, 3.63) is 38.9 Å². The van der Waals surface area contributed by atoms with Gasteiger partial charge in [0.15, 0.2) is 11.7 Å². The van der Waals surface area contributed by atoms with E-state index in [2.05, 4.69) is 53.7 Å². The van der Waals surface area contributed by atoms with Crippen LogP contribution in [0.25, 0.3) is 11.3 Å². The lowest BCUT2D eigenvalue weighted by molar-refractivity contribution is 0.412. The third-order valence-electron chi connectivity index (χ3n) is 2.97. The first-order valence-electron chi connectivity index (χ1n) is 7.00. The Morgan fingerprint density at radius 2 is 2.10 bits per heavy atom. The summed E-state index contributed by atoms with van der Waals surface area (Å²) < 4.78 is 6.94. The molecule has 2 rings (SSSR count). The SMILES string of the molecule is CC(C)(C)NCCCc1ncc(-c2cc(Cl)ccc2I)o1. The maximum Gasteiger partial charge on any atom is 0.194 e. The third-order valence-corrected chi connectivity index (χ3v) is 4.15. The van der Waals surface area contributed by atoms with Crippen molar-refractivity contribution in [2.45, 2.75) is 39.2 Å². The lowest BCUT2D eigenvalue weighted by atomic mass is 10.1.